The van der Waals surface area contributed by atoms with Crippen LogP contribution < -0.4 is 10.9 Å². The molecule has 7 nitrogen and oxygen atoms in total. The summed E-state index contributed by atoms with van der Waals surface area (Å²) in [5, 5.41) is 17.4. The molecular formula is C18H25N3O4. The van der Waals surface area contributed by atoms with Gasteiger partial charge in [0.1, 0.15) is 22.8 Å². The van der Waals surface area contributed by atoms with Crippen LogP contribution in [0, 0.1) is 13.8 Å². The molecule has 1 unspecified atom stereocenters. The van der Waals surface area contributed by atoms with Crippen molar-refractivity contribution in [2.75, 3.05) is 6.54 Å². The number of hydrogen-bond donors (Lipinski definition) is 2. The molecule has 0 spiro atoms. The highest BCUT2D eigenvalue weighted by molar-refractivity contribution is 5.92. The number of hydrogen-bond acceptors (Lipinski definition) is 5. The van der Waals surface area contributed by atoms with Crippen LogP contribution in [-0.4, -0.2) is 27.3 Å². The number of nitrogens with one attached hydrogen (secondary N) is 1. The normalized spacial score (nSPS) is 13.5. The molecule has 0 aliphatic heterocycles. The molecule has 2 rings (SSSR count). The largest absolute Gasteiger partial charge is 0.466 e. The number of aryl methyl sites for hydroxylation is 3. The van der Waals surface area contributed by atoms with E-state index in [0.29, 0.717) is 23.6 Å². The van der Waals surface area contributed by atoms with Gasteiger partial charge in [0.25, 0.3) is 11.5 Å². The average Bonchev–Trinajstić information content (AvgIpc) is 2.91. The maximum atomic E-state index is 12.3. The molecule has 2 heterocycles. The minimum Gasteiger partial charge on any atom is -0.466 e. The zero-order valence-electron chi connectivity index (χ0n) is 15.1. The van der Waals surface area contributed by atoms with Crippen molar-refractivity contribution in [2.45, 2.75) is 52.7 Å². The van der Waals surface area contributed by atoms with Crippen LogP contribution in [0.4, 0.5) is 0 Å². The van der Waals surface area contributed by atoms with E-state index in [9.17, 15) is 14.7 Å². The predicted molar refractivity (Wildman–Crippen MR) is 93.5 cm³/mol. The summed E-state index contributed by atoms with van der Waals surface area (Å²) in [6.45, 7) is 7.67. The van der Waals surface area contributed by atoms with Gasteiger partial charge in [-0.15, -0.1) is 0 Å². The van der Waals surface area contributed by atoms with Gasteiger partial charge in [-0.2, -0.15) is 5.10 Å². The smallest absolute Gasteiger partial charge is 0.271 e. The van der Waals surface area contributed by atoms with E-state index in [4.69, 9.17) is 4.42 Å². The van der Waals surface area contributed by atoms with Crippen molar-refractivity contribution in [3.8, 4) is 0 Å². The second kappa shape index (κ2) is 7.65. The highest BCUT2D eigenvalue weighted by Crippen LogP contribution is 2.26. The summed E-state index contributed by atoms with van der Waals surface area (Å²) >= 11 is 0. The second-order valence-corrected chi connectivity index (χ2v) is 6.42. The lowest BCUT2D eigenvalue weighted by atomic mass is 9.96. The minimum absolute atomic E-state index is 0.00140. The van der Waals surface area contributed by atoms with Crippen LogP contribution in [0.1, 0.15) is 54.3 Å². The average molecular weight is 347 g/mol. The lowest BCUT2D eigenvalue weighted by Crippen LogP contribution is -2.39. The second-order valence-electron chi connectivity index (χ2n) is 6.42. The monoisotopic (exact) mass is 347 g/mol. The Hall–Kier alpha value is -2.41. The van der Waals surface area contributed by atoms with Crippen molar-refractivity contribution in [2.24, 2.45) is 0 Å². The van der Waals surface area contributed by atoms with Crippen molar-refractivity contribution in [3.05, 3.63) is 51.3 Å². The maximum Gasteiger partial charge on any atom is 0.271 e. The van der Waals surface area contributed by atoms with Gasteiger partial charge in [0.2, 0.25) is 0 Å². The fourth-order valence-electron chi connectivity index (χ4n) is 2.64. The van der Waals surface area contributed by atoms with Gasteiger partial charge >= 0.3 is 0 Å². The summed E-state index contributed by atoms with van der Waals surface area (Å²) in [5.74, 6) is 0.871. The number of carbonyl (C=O) groups excluding carboxylic acids is 1. The summed E-state index contributed by atoms with van der Waals surface area (Å²) in [6, 6.07) is 4.48. The molecule has 0 saturated heterocycles. The quantitative estimate of drug-likeness (QED) is 0.797. The number of nitrogens with zero attached hydrogens (tertiary/aromatic N) is 2. The van der Waals surface area contributed by atoms with Gasteiger partial charge < -0.3 is 14.8 Å². The Bertz CT molecular complexity index is 805. The zero-order valence-corrected chi connectivity index (χ0v) is 15.1. The summed E-state index contributed by atoms with van der Waals surface area (Å²) < 4.78 is 6.73. The SMILES string of the molecule is CCCCn1nc(C(=O)NCC(C)(O)c2cc(C)oc2C)ccc1=O. The van der Waals surface area contributed by atoms with Crippen LogP contribution in [0.5, 0.6) is 0 Å². The van der Waals surface area contributed by atoms with Gasteiger partial charge in [0.15, 0.2) is 0 Å². The Labute approximate surface area is 146 Å². The number of unbranched alkanes of at least 4 members (excludes halogenated alkanes) is 1. The number of furan rings is 1. The van der Waals surface area contributed by atoms with Crippen LogP contribution in [-0.2, 0) is 12.1 Å². The van der Waals surface area contributed by atoms with E-state index in [1.165, 1.54) is 16.8 Å². The van der Waals surface area contributed by atoms with Crippen LogP contribution >= 0.6 is 0 Å². The zero-order chi connectivity index (χ0) is 18.6. The third kappa shape index (κ3) is 4.57. The predicted octanol–water partition coefficient (Wildman–Crippen LogP) is 1.89. The number of amides is 1. The summed E-state index contributed by atoms with van der Waals surface area (Å²) in [6.07, 6.45) is 1.74. The van der Waals surface area contributed by atoms with E-state index in [0.717, 1.165) is 12.8 Å². The van der Waals surface area contributed by atoms with E-state index < -0.39 is 11.5 Å². The Balaban J connectivity index is 2.09. The van der Waals surface area contributed by atoms with Gasteiger partial charge in [-0.1, -0.05) is 13.3 Å². The third-order valence-electron chi connectivity index (χ3n) is 4.04. The molecular weight excluding hydrogens is 322 g/mol. The number of rotatable bonds is 7. The Kier molecular flexibility index (Phi) is 5.79. The van der Waals surface area contributed by atoms with Crippen LogP contribution in [0.2, 0.25) is 0 Å². The number of aliphatic hydroxyl groups is 1. The van der Waals surface area contributed by atoms with Crippen molar-refractivity contribution >= 4 is 5.91 Å². The third-order valence-corrected chi connectivity index (χ3v) is 4.04. The molecule has 25 heavy (non-hydrogen) atoms. The first kappa shape index (κ1) is 18.9. The Morgan fingerprint density at radius 1 is 1.40 bits per heavy atom. The molecule has 1 atom stereocenters. The summed E-state index contributed by atoms with van der Waals surface area (Å²) in [5.41, 5.74) is -0.729. The Morgan fingerprint density at radius 2 is 2.12 bits per heavy atom. The first-order valence-electron chi connectivity index (χ1n) is 8.41. The maximum absolute atomic E-state index is 12.3. The molecule has 0 aromatic carbocycles. The van der Waals surface area contributed by atoms with E-state index >= 15 is 0 Å². The fourth-order valence-corrected chi connectivity index (χ4v) is 2.64. The lowest BCUT2D eigenvalue weighted by molar-refractivity contribution is 0.0512. The summed E-state index contributed by atoms with van der Waals surface area (Å²) in [4.78, 5) is 24.1. The molecule has 0 radical (unpaired) electrons. The lowest BCUT2D eigenvalue weighted by Gasteiger charge is -2.23. The summed E-state index contributed by atoms with van der Waals surface area (Å²) in [7, 11) is 0. The molecule has 2 aromatic heterocycles. The van der Waals surface area contributed by atoms with Crippen LogP contribution in [0.15, 0.2) is 27.4 Å². The molecule has 0 aliphatic rings. The standard InChI is InChI=1S/C18H25N3O4/c1-5-6-9-21-16(22)8-7-15(20-21)17(23)19-11-18(4,24)14-10-12(2)25-13(14)3/h7-8,10,24H,5-6,9,11H2,1-4H3,(H,19,23). The van der Waals surface area contributed by atoms with Crippen molar-refractivity contribution < 1.29 is 14.3 Å². The molecule has 0 bridgehead atoms. The molecule has 0 fully saturated rings. The fraction of sp³-hybridized carbons (Fsp3) is 0.500. The number of carbonyl (C=O) groups is 1. The van der Waals surface area contributed by atoms with Crippen LogP contribution in [0.3, 0.4) is 0 Å². The minimum atomic E-state index is -1.27. The Morgan fingerprint density at radius 3 is 2.72 bits per heavy atom. The van der Waals surface area contributed by atoms with E-state index in [-0.39, 0.29) is 17.8 Å². The van der Waals surface area contributed by atoms with E-state index in [2.05, 4.69) is 10.4 Å². The topological polar surface area (TPSA) is 97.4 Å². The molecule has 2 aromatic rings. The molecule has 136 valence electrons. The highest BCUT2D eigenvalue weighted by atomic mass is 16.3. The van der Waals surface area contributed by atoms with E-state index in [1.54, 1.807) is 26.8 Å². The molecule has 1 amide bonds. The van der Waals surface area contributed by atoms with Crippen molar-refractivity contribution in [3.63, 3.8) is 0 Å². The first-order valence-corrected chi connectivity index (χ1v) is 8.41. The molecule has 2 N–H and O–H groups in total. The van der Waals surface area contributed by atoms with Gasteiger partial charge in [-0.05, 0) is 39.3 Å². The van der Waals surface area contributed by atoms with Gasteiger partial charge in [0, 0.05) is 18.2 Å². The number of aromatic nitrogens is 2. The van der Waals surface area contributed by atoms with Gasteiger partial charge in [-0.25, -0.2) is 4.68 Å². The van der Waals surface area contributed by atoms with E-state index in [1.807, 2.05) is 6.92 Å². The first-order chi connectivity index (χ1) is 11.7. The molecule has 0 saturated carbocycles. The van der Waals surface area contributed by atoms with Gasteiger partial charge in [0.05, 0.1) is 6.54 Å². The molecule has 0 aliphatic carbocycles. The highest BCUT2D eigenvalue weighted by Gasteiger charge is 2.28. The van der Waals surface area contributed by atoms with Crippen LogP contribution in [0.25, 0.3) is 0 Å². The molecule has 7 heteroatoms. The van der Waals surface area contributed by atoms with Crippen molar-refractivity contribution in [1.82, 2.24) is 15.1 Å². The van der Waals surface area contributed by atoms with Crippen molar-refractivity contribution in [1.29, 1.82) is 0 Å². The van der Waals surface area contributed by atoms with Gasteiger partial charge in [-0.3, -0.25) is 9.59 Å².